The molecule has 1 saturated heterocycles. The minimum atomic E-state index is -0.780. The average Bonchev–Trinajstić information content (AvgIpc) is 2.65. The van der Waals surface area contributed by atoms with Crippen LogP contribution in [0.4, 0.5) is 0 Å². The normalized spacial score (nSPS) is 34.4. The summed E-state index contributed by atoms with van der Waals surface area (Å²) in [4.78, 5) is 10.8. The Bertz CT molecular complexity index is 411. The molecule has 0 amide bonds. The number of halogens is 2. The molecule has 0 aromatic carbocycles. The van der Waals surface area contributed by atoms with Crippen molar-refractivity contribution in [2.45, 2.75) is 29.7 Å². The van der Waals surface area contributed by atoms with Gasteiger partial charge in [0.1, 0.15) is 0 Å². The van der Waals surface area contributed by atoms with Gasteiger partial charge in [-0.05, 0) is 12.0 Å². The molecule has 1 fully saturated rings. The summed E-state index contributed by atoms with van der Waals surface area (Å²) in [5.74, 6) is -0.655. The van der Waals surface area contributed by atoms with Gasteiger partial charge in [-0.25, -0.2) is 0 Å². The summed E-state index contributed by atoms with van der Waals surface area (Å²) in [5.41, 5.74) is 1.00. The molecule has 4 nitrogen and oxygen atoms in total. The van der Waals surface area contributed by atoms with Gasteiger partial charge in [0.15, 0.2) is 0 Å². The summed E-state index contributed by atoms with van der Waals surface area (Å²) in [6.45, 7) is 2.14. The number of ether oxygens (including phenoxy) is 1. The van der Waals surface area contributed by atoms with Crippen LogP contribution in [0.1, 0.15) is 12.8 Å². The topological polar surface area (TPSA) is 58.6 Å². The summed E-state index contributed by atoms with van der Waals surface area (Å²) in [6, 6.07) is 0. The van der Waals surface area contributed by atoms with Crippen LogP contribution in [0.3, 0.4) is 0 Å². The average molecular weight is 320 g/mol. The van der Waals surface area contributed by atoms with Gasteiger partial charge in [-0.3, -0.25) is 4.79 Å². The van der Waals surface area contributed by atoms with Crippen LogP contribution >= 0.6 is 23.2 Å². The number of rotatable bonds is 4. The van der Waals surface area contributed by atoms with Gasteiger partial charge in [0, 0.05) is 25.4 Å². The molecular weight excluding hydrogens is 301 g/mol. The molecule has 1 heterocycles. The molecule has 0 aromatic heterocycles. The molecule has 0 spiro atoms. The second kappa shape index (κ2) is 7.46. The summed E-state index contributed by atoms with van der Waals surface area (Å²) in [7, 11) is 0. The molecule has 2 N–H and O–H groups in total. The van der Waals surface area contributed by atoms with E-state index in [9.17, 15) is 4.79 Å². The van der Waals surface area contributed by atoms with Crippen LogP contribution in [0.25, 0.3) is 0 Å². The van der Waals surface area contributed by atoms with E-state index in [0.29, 0.717) is 13.0 Å². The van der Waals surface area contributed by atoms with E-state index in [-0.39, 0.29) is 29.2 Å². The molecule has 0 saturated carbocycles. The Hall–Kier alpha value is -0.550. The number of hydrogen-bond acceptors (Lipinski definition) is 3. The highest BCUT2D eigenvalue weighted by atomic mass is 35.5. The first-order valence-electron chi connectivity index (χ1n) is 6.80. The Labute approximate surface area is 128 Å². The molecule has 1 aliphatic carbocycles. The summed E-state index contributed by atoms with van der Waals surface area (Å²) in [6.07, 6.45) is 6.33. The Balaban J connectivity index is 2.10. The Kier molecular flexibility index (Phi) is 5.90. The van der Waals surface area contributed by atoms with Crippen molar-refractivity contribution in [2.75, 3.05) is 19.7 Å². The molecule has 6 heteroatoms. The third-order valence-corrected chi connectivity index (χ3v) is 4.54. The fourth-order valence-corrected chi connectivity index (χ4v) is 2.92. The molecule has 0 bridgehead atoms. The third kappa shape index (κ3) is 4.22. The van der Waals surface area contributed by atoms with Crippen molar-refractivity contribution in [2.24, 2.45) is 5.92 Å². The van der Waals surface area contributed by atoms with E-state index in [1.54, 1.807) is 0 Å². The number of alkyl halides is 2. The van der Waals surface area contributed by atoms with Crippen LogP contribution in [-0.4, -0.2) is 47.6 Å². The lowest BCUT2D eigenvalue weighted by molar-refractivity contribution is -0.137. The number of carbonyl (C=O) groups is 1. The summed E-state index contributed by atoms with van der Waals surface area (Å²) >= 11 is 12.2. The fourth-order valence-electron chi connectivity index (χ4n) is 2.55. The maximum absolute atomic E-state index is 10.8. The smallest absolute Gasteiger partial charge is 0.303 e. The van der Waals surface area contributed by atoms with Crippen LogP contribution in [-0.2, 0) is 9.53 Å². The highest BCUT2D eigenvalue weighted by Crippen LogP contribution is 2.29. The van der Waals surface area contributed by atoms with Gasteiger partial charge in [-0.2, -0.15) is 0 Å². The largest absolute Gasteiger partial charge is 0.481 e. The van der Waals surface area contributed by atoms with E-state index in [4.69, 9.17) is 33.0 Å². The first-order chi connectivity index (χ1) is 9.58. The van der Waals surface area contributed by atoms with Gasteiger partial charge in [0.25, 0.3) is 0 Å². The Morgan fingerprint density at radius 2 is 2.25 bits per heavy atom. The lowest BCUT2D eigenvalue weighted by Gasteiger charge is -2.28. The second-order valence-electron chi connectivity index (χ2n) is 5.10. The van der Waals surface area contributed by atoms with Gasteiger partial charge >= 0.3 is 5.97 Å². The number of allylic oxidation sites excluding steroid dienone is 2. The third-order valence-electron chi connectivity index (χ3n) is 3.60. The predicted octanol–water partition coefficient (Wildman–Crippen LogP) is 2.17. The van der Waals surface area contributed by atoms with Gasteiger partial charge in [-0.1, -0.05) is 18.2 Å². The van der Waals surface area contributed by atoms with E-state index in [1.165, 1.54) is 0 Å². The number of carboxylic acid groups (broad SMARTS) is 1. The van der Waals surface area contributed by atoms with Crippen molar-refractivity contribution in [3.05, 3.63) is 23.8 Å². The minimum absolute atomic E-state index is 0.119. The van der Waals surface area contributed by atoms with Crippen LogP contribution in [0.2, 0.25) is 0 Å². The van der Waals surface area contributed by atoms with Gasteiger partial charge < -0.3 is 15.2 Å². The highest BCUT2D eigenvalue weighted by Gasteiger charge is 2.29. The molecule has 112 valence electrons. The molecule has 1 aliphatic heterocycles. The number of aliphatic carboxylic acids is 1. The van der Waals surface area contributed by atoms with E-state index in [0.717, 1.165) is 18.7 Å². The maximum atomic E-state index is 10.8. The molecule has 20 heavy (non-hydrogen) atoms. The molecule has 4 unspecified atom stereocenters. The van der Waals surface area contributed by atoms with Crippen LogP contribution < -0.4 is 5.32 Å². The van der Waals surface area contributed by atoms with Crippen LogP contribution in [0, 0.1) is 5.92 Å². The zero-order valence-corrected chi connectivity index (χ0v) is 12.6. The van der Waals surface area contributed by atoms with Crippen molar-refractivity contribution < 1.29 is 14.6 Å². The fraction of sp³-hybridized carbons (Fsp3) is 0.643. The van der Waals surface area contributed by atoms with Gasteiger partial charge in [0.2, 0.25) is 0 Å². The molecule has 2 aliphatic rings. The summed E-state index contributed by atoms with van der Waals surface area (Å²) < 4.78 is 5.89. The van der Waals surface area contributed by atoms with Crippen molar-refractivity contribution in [1.29, 1.82) is 0 Å². The van der Waals surface area contributed by atoms with Gasteiger partial charge in [-0.15, -0.1) is 23.2 Å². The summed E-state index contributed by atoms with van der Waals surface area (Å²) in [5, 5.41) is 11.7. The van der Waals surface area contributed by atoms with Crippen molar-refractivity contribution in [3.8, 4) is 0 Å². The SMILES string of the molecule is O=C(O)CCC1CNCCOC1C1=CC(Cl)C(Cl)C=C1. The molecule has 2 rings (SSSR count). The molecular formula is C14H19Cl2NO3. The zero-order valence-electron chi connectivity index (χ0n) is 11.1. The maximum Gasteiger partial charge on any atom is 0.303 e. The molecule has 4 atom stereocenters. The van der Waals surface area contributed by atoms with Crippen LogP contribution in [0.5, 0.6) is 0 Å². The van der Waals surface area contributed by atoms with Crippen molar-refractivity contribution >= 4 is 29.2 Å². The standard InChI is InChI=1S/C14H19Cl2NO3/c15-11-3-1-9(7-12(11)16)14-10(2-4-13(18)19)8-17-5-6-20-14/h1,3,7,10-12,14,17H,2,4-6,8H2,(H,18,19). The van der Waals surface area contributed by atoms with Crippen LogP contribution in [0.15, 0.2) is 23.8 Å². The quantitative estimate of drug-likeness (QED) is 0.780. The zero-order chi connectivity index (χ0) is 14.5. The van der Waals surface area contributed by atoms with E-state index in [1.807, 2.05) is 18.2 Å². The predicted molar refractivity (Wildman–Crippen MR) is 79.5 cm³/mol. The van der Waals surface area contributed by atoms with E-state index < -0.39 is 5.97 Å². The van der Waals surface area contributed by atoms with Crippen molar-refractivity contribution in [1.82, 2.24) is 5.32 Å². The molecule has 0 aromatic rings. The second-order valence-corrected chi connectivity index (χ2v) is 6.11. The lowest BCUT2D eigenvalue weighted by Crippen LogP contribution is -2.32. The van der Waals surface area contributed by atoms with Gasteiger partial charge in [0.05, 0.1) is 23.5 Å². The monoisotopic (exact) mass is 319 g/mol. The number of nitrogens with one attached hydrogen (secondary N) is 1. The van der Waals surface area contributed by atoms with E-state index in [2.05, 4.69) is 5.32 Å². The van der Waals surface area contributed by atoms with E-state index >= 15 is 0 Å². The Morgan fingerprint density at radius 3 is 2.95 bits per heavy atom. The van der Waals surface area contributed by atoms with Crippen molar-refractivity contribution in [3.63, 3.8) is 0 Å². The highest BCUT2D eigenvalue weighted by molar-refractivity contribution is 6.31. The number of carboxylic acids is 1. The Morgan fingerprint density at radius 1 is 1.45 bits per heavy atom. The lowest BCUT2D eigenvalue weighted by atomic mass is 9.88. The first kappa shape index (κ1) is 15.8. The number of hydrogen-bond donors (Lipinski definition) is 2. The first-order valence-corrected chi connectivity index (χ1v) is 7.67. The minimum Gasteiger partial charge on any atom is -0.481 e. The molecule has 0 radical (unpaired) electrons.